The standard InChI is InChI=1S/C18H15N3/c1-14-3-7-17(8-4-14)21(2)18-9-5-15(6-10-18)11-16(12-19)13-20/h3-11H,1-2H3. The fraction of sp³-hybridized carbons (Fsp3) is 0.111. The van der Waals surface area contributed by atoms with Crippen LogP contribution < -0.4 is 4.90 Å². The van der Waals surface area contributed by atoms with Gasteiger partial charge in [-0.1, -0.05) is 29.8 Å². The molecule has 0 saturated carbocycles. The fourth-order valence-electron chi connectivity index (χ4n) is 1.97. The monoisotopic (exact) mass is 273 g/mol. The van der Waals surface area contributed by atoms with Crippen molar-refractivity contribution in [2.75, 3.05) is 11.9 Å². The summed E-state index contributed by atoms with van der Waals surface area (Å²) in [5.41, 5.74) is 4.34. The molecule has 0 amide bonds. The zero-order valence-electron chi connectivity index (χ0n) is 12.0. The molecule has 0 N–H and O–H groups in total. The molecule has 21 heavy (non-hydrogen) atoms. The number of aryl methyl sites for hydroxylation is 1. The van der Waals surface area contributed by atoms with E-state index in [0.717, 1.165) is 16.9 Å². The summed E-state index contributed by atoms with van der Waals surface area (Å²) in [7, 11) is 2.01. The van der Waals surface area contributed by atoms with Crippen molar-refractivity contribution < 1.29 is 0 Å². The summed E-state index contributed by atoms with van der Waals surface area (Å²) in [5.74, 6) is 0. The molecule has 0 fully saturated rings. The number of nitriles is 2. The number of hydrogen-bond donors (Lipinski definition) is 0. The molecule has 2 aromatic carbocycles. The number of rotatable bonds is 3. The third kappa shape index (κ3) is 3.49. The molecule has 0 bridgehead atoms. The van der Waals surface area contributed by atoms with Gasteiger partial charge in [0, 0.05) is 18.4 Å². The van der Waals surface area contributed by atoms with E-state index in [4.69, 9.17) is 10.5 Å². The number of nitrogens with zero attached hydrogens (tertiary/aromatic N) is 3. The summed E-state index contributed by atoms with van der Waals surface area (Å²) in [4.78, 5) is 2.09. The lowest BCUT2D eigenvalue weighted by Crippen LogP contribution is -2.08. The first kappa shape index (κ1) is 14.4. The van der Waals surface area contributed by atoms with Crippen LogP contribution in [-0.2, 0) is 0 Å². The summed E-state index contributed by atoms with van der Waals surface area (Å²) in [6.07, 6.45) is 1.58. The van der Waals surface area contributed by atoms with Gasteiger partial charge in [-0.3, -0.25) is 0 Å². The Balaban J connectivity index is 2.23. The van der Waals surface area contributed by atoms with Crippen LogP contribution in [0.5, 0.6) is 0 Å². The van der Waals surface area contributed by atoms with Gasteiger partial charge >= 0.3 is 0 Å². The molecular formula is C18H15N3. The molecule has 0 radical (unpaired) electrons. The van der Waals surface area contributed by atoms with Crippen molar-refractivity contribution in [2.45, 2.75) is 6.92 Å². The number of benzene rings is 2. The maximum absolute atomic E-state index is 8.75. The summed E-state index contributed by atoms with van der Waals surface area (Å²) >= 11 is 0. The predicted octanol–water partition coefficient (Wildman–Crippen LogP) is 4.19. The first-order valence-electron chi connectivity index (χ1n) is 6.56. The normalized spacial score (nSPS) is 9.33. The third-order valence-corrected chi connectivity index (χ3v) is 3.25. The van der Waals surface area contributed by atoms with Gasteiger partial charge in [-0.2, -0.15) is 10.5 Å². The van der Waals surface area contributed by atoms with Crippen LogP contribution in [0.1, 0.15) is 11.1 Å². The predicted molar refractivity (Wildman–Crippen MR) is 84.9 cm³/mol. The molecule has 102 valence electrons. The minimum absolute atomic E-state index is 0.106. The second-order valence-corrected chi connectivity index (χ2v) is 4.77. The minimum Gasteiger partial charge on any atom is -0.345 e. The largest absolute Gasteiger partial charge is 0.345 e. The van der Waals surface area contributed by atoms with Crippen molar-refractivity contribution in [1.29, 1.82) is 10.5 Å². The highest BCUT2D eigenvalue weighted by Crippen LogP contribution is 2.24. The van der Waals surface area contributed by atoms with Crippen molar-refractivity contribution in [1.82, 2.24) is 0 Å². The first-order valence-corrected chi connectivity index (χ1v) is 6.56. The average Bonchev–Trinajstić information content (AvgIpc) is 2.53. The lowest BCUT2D eigenvalue weighted by atomic mass is 10.1. The van der Waals surface area contributed by atoms with Gasteiger partial charge in [0.25, 0.3) is 0 Å². The van der Waals surface area contributed by atoms with E-state index in [1.54, 1.807) is 6.08 Å². The van der Waals surface area contributed by atoms with Crippen LogP contribution in [0.3, 0.4) is 0 Å². The molecule has 0 aromatic heterocycles. The van der Waals surface area contributed by atoms with Gasteiger partial charge in [-0.05, 0) is 42.8 Å². The highest BCUT2D eigenvalue weighted by molar-refractivity contribution is 5.67. The van der Waals surface area contributed by atoms with E-state index in [2.05, 4.69) is 36.1 Å². The molecule has 0 aliphatic heterocycles. The van der Waals surface area contributed by atoms with Crippen molar-refractivity contribution >= 4 is 17.5 Å². The fourth-order valence-corrected chi connectivity index (χ4v) is 1.97. The van der Waals surface area contributed by atoms with E-state index in [1.165, 1.54) is 5.56 Å². The maximum Gasteiger partial charge on any atom is 0.130 e. The van der Waals surface area contributed by atoms with Crippen LogP contribution in [0.4, 0.5) is 11.4 Å². The lowest BCUT2D eigenvalue weighted by molar-refractivity contribution is 1.20. The van der Waals surface area contributed by atoms with E-state index in [-0.39, 0.29) is 5.57 Å². The van der Waals surface area contributed by atoms with E-state index in [0.29, 0.717) is 0 Å². The Morgan fingerprint density at radius 1 is 0.905 bits per heavy atom. The Labute approximate surface area is 125 Å². The highest BCUT2D eigenvalue weighted by atomic mass is 15.1. The molecule has 2 aromatic rings. The molecule has 2 rings (SSSR count). The number of allylic oxidation sites excluding steroid dienone is 1. The Hall–Kier alpha value is -3.04. The molecular weight excluding hydrogens is 258 g/mol. The van der Waals surface area contributed by atoms with Crippen molar-refractivity contribution in [3.05, 3.63) is 65.2 Å². The highest BCUT2D eigenvalue weighted by Gasteiger charge is 2.03. The molecule has 0 aliphatic carbocycles. The van der Waals surface area contributed by atoms with Gasteiger partial charge in [0.15, 0.2) is 0 Å². The van der Waals surface area contributed by atoms with E-state index < -0.39 is 0 Å². The Kier molecular flexibility index (Phi) is 4.39. The number of anilines is 2. The summed E-state index contributed by atoms with van der Waals surface area (Å²) in [6, 6.07) is 19.8. The van der Waals surface area contributed by atoms with E-state index >= 15 is 0 Å². The van der Waals surface area contributed by atoms with Crippen molar-refractivity contribution in [3.63, 3.8) is 0 Å². The van der Waals surface area contributed by atoms with Crippen molar-refractivity contribution in [2.24, 2.45) is 0 Å². The van der Waals surface area contributed by atoms with E-state index in [1.807, 2.05) is 43.5 Å². The van der Waals surface area contributed by atoms with E-state index in [9.17, 15) is 0 Å². The summed E-state index contributed by atoms with van der Waals surface area (Å²) in [6.45, 7) is 2.06. The molecule has 0 spiro atoms. The van der Waals surface area contributed by atoms with Crippen LogP contribution >= 0.6 is 0 Å². The summed E-state index contributed by atoms with van der Waals surface area (Å²) in [5, 5.41) is 17.5. The maximum atomic E-state index is 8.75. The van der Waals surface area contributed by atoms with Gasteiger partial charge in [-0.25, -0.2) is 0 Å². The molecule has 0 unspecified atom stereocenters. The molecule has 0 heterocycles. The average molecular weight is 273 g/mol. The molecule has 0 aliphatic rings. The minimum atomic E-state index is 0.106. The van der Waals surface area contributed by atoms with Gasteiger partial charge in [0.05, 0.1) is 0 Å². The number of hydrogen-bond acceptors (Lipinski definition) is 3. The Morgan fingerprint density at radius 2 is 1.38 bits per heavy atom. The molecule has 3 nitrogen and oxygen atoms in total. The van der Waals surface area contributed by atoms with Crippen molar-refractivity contribution in [3.8, 4) is 12.1 Å². The van der Waals surface area contributed by atoms with Crippen LogP contribution in [0.15, 0.2) is 54.1 Å². The first-order chi connectivity index (χ1) is 10.1. The van der Waals surface area contributed by atoms with Gasteiger partial charge in [0.1, 0.15) is 17.7 Å². The molecule has 0 atom stereocenters. The zero-order chi connectivity index (χ0) is 15.2. The smallest absolute Gasteiger partial charge is 0.130 e. The van der Waals surface area contributed by atoms with Crippen LogP contribution in [-0.4, -0.2) is 7.05 Å². The quantitative estimate of drug-likeness (QED) is 0.788. The van der Waals surface area contributed by atoms with Crippen LogP contribution in [0.2, 0.25) is 0 Å². The second-order valence-electron chi connectivity index (χ2n) is 4.77. The van der Waals surface area contributed by atoms with Crippen LogP contribution in [0, 0.1) is 29.6 Å². The van der Waals surface area contributed by atoms with Gasteiger partial charge in [-0.15, -0.1) is 0 Å². The van der Waals surface area contributed by atoms with Crippen LogP contribution in [0.25, 0.3) is 6.08 Å². The SMILES string of the molecule is Cc1ccc(N(C)c2ccc(C=C(C#N)C#N)cc2)cc1. The Morgan fingerprint density at radius 3 is 1.86 bits per heavy atom. The third-order valence-electron chi connectivity index (χ3n) is 3.25. The topological polar surface area (TPSA) is 50.8 Å². The summed E-state index contributed by atoms with van der Waals surface area (Å²) < 4.78 is 0. The zero-order valence-corrected chi connectivity index (χ0v) is 12.0. The second kappa shape index (κ2) is 6.41. The van der Waals surface area contributed by atoms with Gasteiger partial charge < -0.3 is 4.90 Å². The molecule has 0 saturated heterocycles. The Bertz CT molecular complexity index is 710. The molecule has 3 heteroatoms. The van der Waals surface area contributed by atoms with Gasteiger partial charge in [0.2, 0.25) is 0 Å². The lowest BCUT2D eigenvalue weighted by Gasteiger charge is -2.19.